The van der Waals surface area contributed by atoms with Crippen LogP contribution in [0.1, 0.15) is 6.23 Å². The molecule has 4 N–H and O–H groups in total. The number of ether oxygens (including phenoxy) is 1. The topological polar surface area (TPSA) is 149 Å². The molecule has 0 radical (unpaired) electrons. The Kier molecular flexibility index (Phi) is 4.32. The molecule has 1 fully saturated rings. The van der Waals surface area contributed by atoms with E-state index in [1.165, 1.54) is 17.2 Å². The second-order valence-corrected chi connectivity index (χ2v) is 5.65. The van der Waals surface area contributed by atoms with Gasteiger partial charge in [-0.05, 0) is 0 Å². The number of aliphatic hydroxyl groups is 3. The average Bonchev–Trinajstić information content (AvgIpc) is 3.08. The van der Waals surface area contributed by atoms with E-state index in [1.807, 2.05) is 0 Å². The van der Waals surface area contributed by atoms with Gasteiger partial charge in [0, 0.05) is 14.1 Å². The molecule has 0 amide bonds. The number of hydrogen-bond donors (Lipinski definition) is 4. The van der Waals surface area contributed by atoms with Gasteiger partial charge in [-0.15, -0.1) is 0 Å². The molecule has 0 saturated carbocycles. The Morgan fingerprint density at radius 2 is 2.21 bits per heavy atom. The SMILES string of the molecule is CN(C)/C=N/c1nc2c(ncn2[C@@H]2O[C@H](CO)[C@H](O)C2O)c(=O)[nH]1. The zero-order valence-electron chi connectivity index (χ0n) is 13.1. The van der Waals surface area contributed by atoms with Crippen LogP contribution < -0.4 is 5.56 Å². The van der Waals surface area contributed by atoms with Gasteiger partial charge >= 0.3 is 0 Å². The minimum atomic E-state index is -1.30. The largest absolute Gasteiger partial charge is 0.394 e. The van der Waals surface area contributed by atoms with Gasteiger partial charge in [-0.25, -0.2) is 9.98 Å². The van der Waals surface area contributed by atoms with Gasteiger partial charge in [0.05, 0.1) is 19.3 Å². The Labute approximate surface area is 135 Å². The summed E-state index contributed by atoms with van der Waals surface area (Å²) in [5.74, 6) is 0.0645. The van der Waals surface area contributed by atoms with E-state index >= 15 is 0 Å². The van der Waals surface area contributed by atoms with Crippen molar-refractivity contribution in [2.75, 3.05) is 20.7 Å². The molecule has 3 rings (SSSR count). The number of H-pyrrole nitrogens is 1. The van der Waals surface area contributed by atoms with Gasteiger partial charge in [0.15, 0.2) is 17.4 Å². The van der Waals surface area contributed by atoms with Crippen molar-refractivity contribution in [1.82, 2.24) is 24.4 Å². The lowest BCUT2D eigenvalue weighted by molar-refractivity contribution is -0.0511. The standard InChI is InChI=1S/C13H18N6O5/c1-18(2)4-15-13-16-10-7(11(23)17-13)14-5-19(10)12-9(22)8(21)6(3-20)24-12/h4-6,8-9,12,20-22H,3H2,1-2H3,(H,16,17,23)/b15-4+/t6-,8+,9?,12-/m1/s1. The molecule has 0 aromatic carbocycles. The van der Waals surface area contributed by atoms with Crippen molar-refractivity contribution in [2.45, 2.75) is 24.5 Å². The number of rotatable bonds is 4. The Morgan fingerprint density at radius 1 is 1.46 bits per heavy atom. The number of hydrogen-bond acceptors (Lipinski definition) is 8. The summed E-state index contributed by atoms with van der Waals surface area (Å²) >= 11 is 0. The maximum Gasteiger partial charge on any atom is 0.280 e. The summed E-state index contributed by atoms with van der Waals surface area (Å²) in [6.07, 6.45) is -1.76. The normalized spacial score (nSPS) is 27.4. The van der Waals surface area contributed by atoms with Gasteiger partial charge < -0.3 is 25.0 Å². The molecule has 0 spiro atoms. The van der Waals surface area contributed by atoms with Crippen LogP contribution >= 0.6 is 0 Å². The fraction of sp³-hybridized carbons (Fsp3) is 0.538. The second kappa shape index (κ2) is 6.28. The molecule has 11 heteroatoms. The molecule has 0 aliphatic carbocycles. The van der Waals surface area contributed by atoms with Crippen molar-refractivity contribution in [3.63, 3.8) is 0 Å². The maximum absolute atomic E-state index is 12.1. The van der Waals surface area contributed by atoms with Gasteiger partial charge in [-0.1, -0.05) is 0 Å². The number of imidazole rings is 1. The van der Waals surface area contributed by atoms with E-state index in [0.717, 1.165) is 0 Å². The molecule has 24 heavy (non-hydrogen) atoms. The van der Waals surface area contributed by atoms with E-state index < -0.39 is 36.7 Å². The van der Waals surface area contributed by atoms with Crippen LogP contribution in [0.3, 0.4) is 0 Å². The quantitative estimate of drug-likeness (QED) is 0.368. The van der Waals surface area contributed by atoms with Crippen LogP contribution in [0.25, 0.3) is 11.2 Å². The number of aliphatic hydroxyl groups excluding tert-OH is 3. The Morgan fingerprint density at radius 3 is 2.83 bits per heavy atom. The number of nitrogens with zero attached hydrogens (tertiary/aromatic N) is 5. The predicted octanol–water partition coefficient (Wildman–Crippen LogP) is -2.05. The van der Waals surface area contributed by atoms with Crippen molar-refractivity contribution >= 4 is 23.5 Å². The molecule has 1 aliphatic rings. The lowest BCUT2D eigenvalue weighted by Gasteiger charge is -2.16. The van der Waals surface area contributed by atoms with Crippen molar-refractivity contribution < 1.29 is 20.1 Å². The Hall–Kier alpha value is -2.34. The van der Waals surface area contributed by atoms with Crippen LogP contribution in [0, 0.1) is 0 Å². The molecule has 0 bridgehead atoms. The lowest BCUT2D eigenvalue weighted by Crippen LogP contribution is -2.33. The van der Waals surface area contributed by atoms with E-state index in [9.17, 15) is 20.1 Å². The molecular weight excluding hydrogens is 320 g/mol. The third kappa shape index (κ3) is 2.78. The predicted molar refractivity (Wildman–Crippen MR) is 83.0 cm³/mol. The summed E-state index contributed by atoms with van der Waals surface area (Å²) in [7, 11) is 3.53. The molecule has 130 valence electrons. The highest BCUT2D eigenvalue weighted by atomic mass is 16.6. The minimum Gasteiger partial charge on any atom is -0.394 e. The maximum atomic E-state index is 12.1. The molecular formula is C13H18N6O5. The van der Waals surface area contributed by atoms with E-state index in [-0.39, 0.29) is 17.1 Å². The molecule has 2 aromatic rings. The van der Waals surface area contributed by atoms with Gasteiger partial charge in [-0.2, -0.15) is 4.98 Å². The highest BCUT2D eigenvalue weighted by Gasteiger charge is 2.44. The number of fused-ring (bicyclic) bond motifs is 1. The molecule has 1 saturated heterocycles. The first-order valence-corrected chi connectivity index (χ1v) is 7.22. The van der Waals surface area contributed by atoms with Crippen molar-refractivity contribution in [1.29, 1.82) is 0 Å². The van der Waals surface area contributed by atoms with Crippen molar-refractivity contribution in [2.24, 2.45) is 4.99 Å². The van der Waals surface area contributed by atoms with Gasteiger partial charge in [0.2, 0.25) is 5.95 Å². The van der Waals surface area contributed by atoms with E-state index in [2.05, 4.69) is 19.9 Å². The monoisotopic (exact) mass is 338 g/mol. The van der Waals surface area contributed by atoms with Gasteiger partial charge in [0.1, 0.15) is 18.3 Å². The molecule has 11 nitrogen and oxygen atoms in total. The number of aromatic nitrogens is 4. The van der Waals surface area contributed by atoms with Crippen LogP contribution in [-0.2, 0) is 4.74 Å². The first kappa shape index (κ1) is 16.5. The summed E-state index contributed by atoms with van der Waals surface area (Å²) in [5, 5.41) is 29.2. The number of aliphatic imine (C=N–C) groups is 1. The van der Waals surface area contributed by atoms with Crippen LogP contribution in [-0.4, -0.2) is 85.1 Å². The molecule has 1 aliphatic heterocycles. The Balaban J connectivity index is 2.05. The zero-order chi connectivity index (χ0) is 17.4. The van der Waals surface area contributed by atoms with E-state index in [1.54, 1.807) is 19.0 Å². The third-order valence-electron chi connectivity index (χ3n) is 3.62. The molecule has 4 atom stereocenters. The minimum absolute atomic E-state index is 0.0524. The van der Waals surface area contributed by atoms with Crippen molar-refractivity contribution in [3.05, 3.63) is 16.7 Å². The van der Waals surface area contributed by atoms with Crippen LogP contribution in [0.2, 0.25) is 0 Å². The first-order valence-electron chi connectivity index (χ1n) is 7.22. The number of aromatic amines is 1. The van der Waals surface area contributed by atoms with Gasteiger partial charge in [-0.3, -0.25) is 14.3 Å². The second-order valence-electron chi connectivity index (χ2n) is 5.65. The zero-order valence-corrected chi connectivity index (χ0v) is 13.1. The molecule has 1 unspecified atom stereocenters. The fourth-order valence-corrected chi connectivity index (χ4v) is 2.44. The van der Waals surface area contributed by atoms with Gasteiger partial charge in [0.25, 0.3) is 5.56 Å². The van der Waals surface area contributed by atoms with E-state index in [0.29, 0.717) is 0 Å². The van der Waals surface area contributed by atoms with Crippen molar-refractivity contribution in [3.8, 4) is 0 Å². The van der Waals surface area contributed by atoms with Crippen LogP contribution in [0.15, 0.2) is 16.1 Å². The van der Waals surface area contributed by atoms with Crippen LogP contribution in [0.5, 0.6) is 0 Å². The summed E-state index contributed by atoms with van der Waals surface area (Å²) in [4.78, 5) is 28.5. The highest BCUT2D eigenvalue weighted by Crippen LogP contribution is 2.30. The van der Waals surface area contributed by atoms with Crippen LogP contribution in [0.4, 0.5) is 5.95 Å². The third-order valence-corrected chi connectivity index (χ3v) is 3.62. The first-order chi connectivity index (χ1) is 11.4. The molecule has 2 aromatic heterocycles. The van der Waals surface area contributed by atoms with E-state index in [4.69, 9.17) is 4.74 Å². The fourth-order valence-electron chi connectivity index (χ4n) is 2.44. The summed E-state index contributed by atoms with van der Waals surface area (Å²) in [5.41, 5.74) is -0.285. The summed E-state index contributed by atoms with van der Waals surface area (Å²) < 4.78 is 6.78. The Bertz CT molecular complexity index is 815. The molecule has 3 heterocycles. The summed E-state index contributed by atoms with van der Waals surface area (Å²) in [6.45, 7) is -0.451. The average molecular weight is 338 g/mol. The highest BCUT2D eigenvalue weighted by molar-refractivity contribution is 5.71. The summed E-state index contributed by atoms with van der Waals surface area (Å²) in [6, 6.07) is 0. The number of nitrogens with one attached hydrogen (secondary N) is 1. The lowest BCUT2D eigenvalue weighted by atomic mass is 10.1. The smallest absolute Gasteiger partial charge is 0.280 e.